The van der Waals surface area contributed by atoms with Crippen molar-refractivity contribution in [2.75, 3.05) is 5.32 Å². The van der Waals surface area contributed by atoms with Gasteiger partial charge in [-0.2, -0.15) is 0 Å². The molecule has 27 heavy (non-hydrogen) atoms. The van der Waals surface area contributed by atoms with Crippen LogP contribution in [0.15, 0.2) is 60.0 Å². The van der Waals surface area contributed by atoms with Crippen LogP contribution in [0.1, 0.15) is 23.4 Å². The van der Waals surface area contributed by atoms with Crippen LogP contribution in [-0.2, 0) is 4.79 Å². The van der Waals surface area contributed by atoms with Gasteiger partial charge in [0.25, 0.3) is 0 Å². The first-order valence-corrected chi connectivity index (χ1v) is 9.14. The van der Waals surface area contributed by atoms with Gasteiger partial charge in [0.05, 0.1) is 17.8 Å². The molecule has 0 saturated heterocycles. The summed E-state index contributed by atoms with van der Waals surface area (Å²) in [5.74, 6) is -4.90. The minimum Gasteiger partial charge on any atom is -0.322 e. The van der Waals surface area contributed by atoms with Crippen molar-refractivity contribution in [2.45, 2.75) is 19.0 Å². The molecule has 0 saturated carbocycles. The molecule has 0 radical (unpaired) electrons. The Hall–Kier alpha value is -2.64. The molecule has 0 aliphatic rings. The summed E-state index contributed by atoms with van der Waals surface area (Å²) in [5.41, 5.74) is 0.568. The molecule has 1 aromatic heterocycles. The number of benzene rings is 2. The molecule has 0 fully saturated rings. The van der Waals surface area contributed by atoms with Crippen LogP contribution in [0.4, 0.5) is 18.9 Å². The number of hydrogen-bond acceptors (Lipinski definition) is 3. The van der Waals surface area contributed by atoms with Crippen LogP contribution in [-0.4, -0.2) is 11.9 Å². The minimum absolute atomic E-state index is 0.234. The van der Waals surface area contributed by atoms with Crippen LogP contribution < -0.4 is 10.6 Å². The molecule has 0 bridgehead atoms. The Labute approximate surface area is 158 Å². The molecule has 2 N–H and O–H groups in total. The van der Waals surface area contributed by atoms with E-state index in [0.29, 0.717) is 0 Å². The summed E-state index contributed by atoms with van der Waals surface area (Å²) < 4.78 is 40.2. The van der Waals surface area contributed by atoms with E-state index >= 15 is 0 Å². The average molecular weight is 390 g/mol. The highest BCUT2D eigenvalue weighted by atomic mass is 32.1. The van der Waals surface area contributed by atoms with Gasteiger partial charge in [0, 0.05) is 4.88 Å². The van der Waals surface area contributed by atoms with E-state index < -0.39 is 35.1 Å². The highest BCUT2D eigenvalue weighted by Crippen LogP contribution is 2.27. The van der Waals surface area contributed by atoms with Crippen LogP contribution in [0.25, 0.3) is 0 Å². The maximum absolute atomic E-state index is 13.8. The molecule has 7 heteroatoms. The molecule has 0 spiro atoms. The lowest BCUT2D eigenvalue weighted by Gasteiger charge is -2.23. The van der Waals surface area contributed by atoms with Gasteiger partial charge in [0.15, 0.2) is 17.5 Å². The standard InChI is InChI=1S/C20H17F3N2OS/c1-12(20(26)25-15-10-9-14(21)17(22)18(15)23)24-19(16-8-5-11-27-16)13-6-3-2-4-7-13/h2-12,19,24H,1H3,(H,25,26)/t12-,19+/m0/s1. The molecular weight excluding hydrogens is 373 g/mol. The Balaban J connectivity index is 1.77. The number of hydrogen-bond donors (Lipinski definition) is 2. The normalized spacial score (nSPS) is 13.2. The van der Waals surface area contributed by atoms with Gasteiger partial charge in [-0.25, -0.2) is 13.2 Å². The summed E-state index contributed by atoms with van der Waals surface area (Å²) in [6.45, 7) is 1.62. The predicted octanol–water partition coefficient (Wildman–Crippen LogP) is 4.87. The SMILES string of the molecule is C[C@H](N[C@H](c1ccccc1)c1cccs1)C(=O)Nc1ccc(F)c(F)c1F. The Kier molecular flexibility index (Phi) is 5.93. The van der Waals surface area contributed by atoms with E-state index in [-0.39, 0.29) is 6.04 Å². The lowest BCUT2D eigenvalue weighted by molar-refractivity contribution is -0.117. The van der Waals surface area contributed by atoms with Crippen LogP contribution in [0.3, 0.4) is 0 Å². The number of halogens is 3. The Morgan fingerprint density at radius 1 is 0.963 bits per heavy atom. The second kappa shape index (κ2) is 8.37. The maximum Gasteiger partial charge on any atom is 0.241 e. The van der Waals surface area contributed by atoms with Gasteiger partial charge in [0.2, 0.25) is 5.91 Å². The molecular formula is C20H17F3N2OS. The lowest BCUT2D eigenvalue weighted by atomic mass is 10.0. The van der Waals surface area contributed by atoms with E-state index in [2.05, 4.69) is 10.6 Å². The number of amides is 1. The summed E-state index contributed by atoms with van der Waals surface area (Å²) in [7, 11) is 0. The van der Waals surface area contributed by atoms with E-state index in [1.165, 1.54) is 0 Å². The molecule has 3 rings (SSSR count). The quantitative estimate of drug-likeness (QED) is 0.590. The number of carbonyl (C=O) groups excluding carboxylic acids is 1. The topological polar surface area (TPSA) is 41.1 Å². The number of nitrogens with one attached hydrogen (secondary N) is 2. The first-order chi connectivity index (χ1) is 13.0. The second-order valence-corrected chi connectivity index (χ2v) is 6.94. The van der Waals surface area contributed by atoms with Crippen molar-refractivity contribution in [3.8, 4) is 0 Å². The second-order valence-electron chi connectivity index (χ2n) is 5.96. The fourth-order valence-corrected chi connectivity index (χ4v) is 3.44. The number of thiophene rings is 1. The first-order valence-electron chi connectivity index (χ1n) is 8.26. The van der Waals surface area contributed by atoms with E-state index in [0.717, 1.165) is 22.6 Å². The van der Waals surface area contributed by atoms with Crippen molar-refractivity contribution in [3.63, 3.8) is 0 Å². The first kappa shape index (κ1) is 19.1. The van der Waals surface area contributed by atoms with E-state index in [1.807, 2.05) is 47.8 Å². The zero-order chi connectivity index (χ0) is 19.4. The summed E-state index contributed by atoms with van der Waals surface area (Å²) in [6.07, 6.45) is 0. The van der Waals surface area contributed by atoms with Crippen LogP contribution >= 0.6 is 11.3 Å². The fraction of sp³-hybridized carbons (Fsp3) is 0.150. The zero-order valence-electron chi connectivity index (χ0n) is 14.4. The van der Waals surface area contributed by atoms with Crippen LogP contribution in [0, 0.1) is 17.5 Å². The largest absolute Gasteiger partial charge is 0.322 e. The average Bonchev–Trinajstić information content (AvgIpc) is 3.21. The van der Waals surface area contributed by atoms with Crippen molar-refractivity contribution < 1.29 is 18.0 Å². The number of carbonyl (C=O) groups is 1. The Bertz CT molecular complexity index is 916. The Morgan fingerprint density at radius 2 is 1.70 bits per heavy atom. The van der Waals surface area contributed by atoms with Crippen molar-refractivity contribution in [2.24, 2.45) is 0 Å². The molecule has 1 heterocycles. The molecule has 0 aliphatic carbocycles. The summed E-state index contributed by atoms with van der Waals surface area (Å²) in [5, 5.41) is 7.45. The van der Waals surface area contributed by atoms with Crippen molar-refractivity contribution >= 4 is 22.9 Å². The molecule has 2 atom stereocenters. The van der Waals surface area contributed by atoms with Gasteiger partial charge in [-0.15, -0.1) is 11.3 Å². The maximum atomic E-state index is 13.8. The van der Waals surface area contributed by atoms with E-state index in [4.69, 9.17) is 0 Å². The molecule has 3 nitrogen and oxygen atoms in total. The van der Waals surface area contributed by atoms with Crippen molar-refractivity contribution in [3.05, 3.63) is 87.9 Å². The van der Waals surface area contributed by atoms with Gasteiger partial charge in [-0.1, -0.05) is 36.4 Å². The third-order valence-electron chi connectivity index (χ3n) is 4.06. The summed E-state index contributed by atoms with van der Waals surface area (Å²) >= 11 is 1.54. The van der Waals surface area contributed by atoms with Crippen LogP contribution in [0.2, 0.25) is 0 Å². The van der Waals surface area contributed by atoms with Gasteiger partial charge in [0.1, 0.15) is 0 Å². The van der Waals surface area contributed by atoms with E-state index in [1.54, 1.807) is 18.3 Å². The van der Waals surface area contributed by atoms with E-state index in [9.17, 15) is 18.0 Å². The monoisotopic (exact) mass is 390 g/mol. The third kappa shape index (κ3) is 4.37. The number of anilines is 1. The fourth-order valence-electron chi connectivity index (χ4n) is 2.63. The smallest absolute Gasteiger partial charge is 0.241 e. The Morgan fingerprint density at radius 3 is 2.37 bits per heavy atom. The van der Waals surface area contributed by atoms with Crippen LogP contribution in [0.5, 0.6) is 0 Å². The molecule has 2 aromatic carbocycles. The molecule has 0 unspecified atom stereocenters. The molecule has 0 aliphatic heterocycles. The lowest BCUT2D eigenvalue weighted by Crippen LogP contribution is -2.40. The van der Waals surface area contributed by atoms with Gasteiger partial charge < -0.3 is 5.32 Å². The molecule has 140 valence electrons. The number of rotatable bonds is 6. The van der Waals surface area contributed by atoms with Gasteiger partial charge in [-0.05, 0) is 36.1 Å². The highest BCUT2D eigenvalue weighted by Gasteiger charge is 2.23. The van der Waals surface area contributed by atoms with Gasteiger partial charge in [-0.3, -0.25) is 10.1 Å². The molecule has 1 amide bonds. The van der Waals surface area contributed by atoms with Crippen molar-refractivity contribution in [1.29, 1.82) is 0 Å². The summed E-state index contributed by atoms with van der Waals surface area (Å²) in [6, 6.07) is 14.3. The predicted molar refractivity (Wildman–Crippen MR) is 100 cm³/mol. The summed E-state index contributed by atoms with van der Waals surface area (Å²) in [4.78, 5) is 13.5. The van der Waals surface area contributed by atoms with Crippen molar-refractivity contribution in [1.82, 2.24) is 5.32 Å². The zero-order valence-corrected chi connectivity index (χ0v) is 15.2. The minimum atomic E-state index is -1.62. The molecule has 3 aromatic rings. The van der Waals surface area contributed by atoms with Gasteiger partial charge >= 0.3 is 0 Å². The third-order valence-corrected chi connectivity index (χ3v) is 5.00. The highest BCUT2D eigenvalue weighted by molar-refractivity contribution is 7.10.